The number of rotatable bonds is 5. The maximum Gasteiger partial charge on any atom is 0.416 e. The highest BCUT2D eigenvalue weighted by atomic mass is 19.4. The zero-order valence-corrected chi connectivity index (χ0v) is 17.2. The van der Waals surface area contributed by atoms with E-state index in [9.17, 15) is 18.0 Å². The van der Waals surface area contributed by atoms with Crippen LogP contribution in [-0.2, 0) is 12.6 Å². The minimum atomic E-state index is -4.34. The Morgan fingerprint density at radius 3 is 2.19 bits per heavy atom. The van der Waals surface area contributed by atoms with Crippen LogP contribution < -0.4 is 9.57 Å². The van der Waals surface area contributed by atoms with E-state index in [0.717, 1.165) is 23.3 Å². The normalized spacial score (nSPS) is 14.9. The number of hydrogen-bond acceptors (Lipinski definition) is 4. The fourth-order valence-electron chi connectivity index (χ4n) is 3.51. The standard InChI is InChI=1S/C23H22F3N3O3/c24-23(25,26)19-5-1-17(2-6-19)15-18-3-7-20(8-4-18)31-22(30)28-12-9-21(10-13-28)32-29-14-11-27-16-29/h1-8,11,14,16,21H,9-10,12-13,15H2. The maximum absolute atomic E-state index is 12.7. The van der Waals surface area contributed by atoms with Crippen LogP contribution in [0.2, 0.25) is 0 Å². The molecule has 1 aliphatic heterocycles. The van der Waals surface area contributed by atoms with Crippen LogP contribution in [0, 0.1) is 0 Å². The number of carbonyl (C=O) groups excluding carboxylic acids is 1. The van der Waals surface area contributed by atoms with E-state index in [1.54, 1.807) is 52.6 Å². The second-order valence-corrected chi connectivity index (χ2v) is 7.60. The average Bonchev–Trinajstić information content (AvgIpc) is 3.28. The lowest BCUT2D eigenvalue weighted by Crippen LogP contribution is -2.44. The molecule has 4 rings (SSSR count). The number of aromatic nitrogens is 2. The Balaban J connectivity index is 1.26. The molecule has 32 heavy (non-hydrogen) atoms. The van der Waals surface area contributed by atoms with Crippen LogP contribution in [-0.4, -0.2) is 39.9 Å². The SMILES string of the molecule is O=C(Oc1ccc(Cc2ccc(C(F)(F)F)cc2)cc1)N1CCC(On2ccnc2)CC1. The molecule has 0 saturated carbocycles. The number of carbonyl (C=O) groups is 1. The molecule has 0 spiro atoms. The lowest BCUT2D eigenvalue weighted by molar-refractivity contribution is -0.137. The van der Waals surface area contributed by atoms with Gasteiger partial charge < -0.3 is 14.5 Å². The van der Waals surface area contributed by atoms with Crippen LogP contribution in [0.4, 0.5) is 18.0 Å². The highest BCUT2D eigenvalue weighted by Gasteiger charge is 2.30. The van der Waals surface area contributed by atoms with Crippen LogP contribution in [0.5, 0.6) is 5.75 Å². The number of ether oxygens (including phenoxy) is 1. The molecule has 1 amide bonds. The summed E-state index contributed by atoms with van der Waals surface area (Å²) in [5.74, 6) is 0.419. The smallest absolute Gasteiger partial charge is 0.410 e. The van der Waals surface area contributed by atoms with Crippen molar-refractivity contribution in [2.24, 2.45) is 0 Å². The number of nitrogens with zero attached hydrogens (tertiary/aromatic N) is 3. The van der Waals surface area contributed by atoms with Crippen molar-refractivity contribution < 1.29 is 27.5 Å². The van der Waals surface area contributed by atoms with Crippen LogP contribution in [0.15, 0.2) is 67.3 Å². The fraction of sp³-hybridized carbons (Fsp3) is 0.304. The summed E-state index contributed by atoms with van der Waals surface area (Å²) < 4.78 is 45.0. The van der Waals surface area contributed by atoms with Gasteiger partial charge in [0.1, 0.15) is 18.2 Å². The molecule has 1 aromatic heterocycles. The quantitative estimate of drug-likeness (QED) is 0.577. The zero-order chi connectivity index (χ0) is 22.6. The zero-order valence-electron chi connectivity index (χ0n) is 17.2. The third-order valence-electron chi connectivity index (χ3n) is 5.27. The average molecular weight is 445 g/mol. The van der Waals surface area contributed by atoms with Crippen LogP contribution >= 0.6 is 0 Å². The summed E-state index contributed by atoms with van der Waals surface area (Å²) in [7, 11) is 0. The molecular formula is C23H22F3N3O3. The summed E-state index contributed by atoms with van der Waals surface area (Å²) in [6, 6.07) is 12.1. The third-order valence-corrected chi connectivity index (χ3v) is 5.27. The van der Waals surface area contributed by atoms with Crippen molar-refractivity contribution >= 4 is 6.09 Å². The maximum atomic E-state index is 12.7. The lowest BCUT2D eigenvalue weighted by atomic mass is 10.0. The van der Waals surface area contributed by atoms with E-state index in [2.05, 4.69) is 4.98 Å². The van der Waals surface area contributed by atoms with Gasteiger partial charge in [-0.15, -0.1) is 0 Å². The van der Waals surface area contributed by atoms with E-state index in [1.807, 2.05) is 0 Å². The highest BCUT2D eigenvalue weighted by molar-refractivity contribution is 5.70. The van der Waals surface area contributed by atoms with E-state index in [4.69, 9.17) is 9.57 Å². The number of amides is 1. The van der Waals surface area contributed by atoms with E-state index in [0.29, 0.717) is 38.1 Å². The van der Waals surface area contributed by atoms with E-state index in [-0.39, 0.29) is 6.10 Å². The molecule has 1 aliphatic rings. The summed E-state index contributed by atoms with van der Waals surface area (Å²) in [6.07, 6.45) is 2.08. The number of hydrogen-bond donors (Lipinski definition) is 0. The van der Waals surface area contributed by atoms with Gasteiger partial charge in [-0.2, -0.15) is 17.9 Å². The van der Waals surface area contributed by atoms with Crippen molar-refractivity contribution in [3.05, 3.63) is 83.9 Å². The number of likely N-dealkylation sites (tertiary alicyclic amines) is 1. The van der Waals surface area contributed by atoms with Crippen molar-refractivity contribution in [3.63, 3.8) is 0 Å². The molecule has 0 atom stereocenters. The Bertz CT molecular complexity index is 1010. The summed E-state index contributed by atoms with van der Waals surface area (Å²) in [4.78, 5) is 23.8. The molecule has 0 unspecified atom stereocenters. The topological polar surface area (TPSA) is 56.6 Å². The number of imidazole rings is 1. The molecule has 6 nitrogen and oxygen atoms in total. The summed E-state index contributed by atoms with van der Waals surface area (Å²) in [6.45, 7) is 1.06. The lowest BCUT2D eigenvalue weighted by Gasteiger charge is -2.31. The molecule has 1 saturated heterocycles. The third kappa shape index (κ3) is 5.60. The molecule has 3 aromatic rings. The molecule has 2 heterocycles. The first-order chi connectivity index (χ1) is 15.4. The van der Waals surface area contributed by atoms with Crippen molar-refractivity contribution in [2.45, 2.75) is 31.5 Å². The number of alkyl halides is 3. The summed E-state index contributed by atoms with van der Waals surface area (Å²) in [5.41, 5.74) is 1.01. The van der Waals surface area contributed by atoms with Crippen molar-refractivity contribution in [1.82, 2.24) is 14.6 Å². The van der Waals surface area contributed by atoms with E-state index >= 15 is 0 Å². The first-order valence-electron chi connectivity index (χ1n) is 10.2. The Hall–Kier alpha value is -3.49. The molecule has 9 heteroatoms. The molecule has 2 aromatic carbocycles. The van der Waals surface area contributed by atoms with Gasteiger partial charge >= 0.3 is 12.3 Å². The van der Waals surface area contributed by atoms with Gasteiger partial charge in [0.25, 0.3) is 0 Å². The van der Waals surface area contributed by atoms with E-state index < -0.39 is 17.8 Å². The predicted molar refractivity (Wildman–Crippen MR) is 110 cm³/mol. The number of halogens is 3. The van der Waals surface area contributed by atoms with Crippen LogP contribution in [0.25, 0.3) is 0 Å². The Labute approximate surface area is 183 Å². The van der Waals surface area contributed by atoms with Gasteiger partial charge in [-0.05, 0) is 41.8 Å². The second kappa shape index (κ2) is 9.33. The minimum absolute atomic E-state index is 0.0118. The molecule has 0 N–H and O–H groups in total. The molecule has 0 radical (unpaired) electrons. The number of piperidine rings is 1. The fourth-order valence-corrected chi connectivity index (χ4v) is 3.51. The molecule has 1 fully saturated rings. The van der Waals surface area contributed by atoms with Crippen LogP contribution in [0.1, 0.15) is 29.5 Å². The van der Waals surface area contributed by atoms with E-state index in [1.165, 1.54) is 12.1 Å². The highest BCUT2D eigenvalue weighted by Crippen LogP contribution is 2.29. The largest absolute Gasteiger partial charge is 0.416 e. The van der Waals surface area contributed by atoms with Crippen molar-refractivity contribution in [3.8, 4) is 5.75 Å². The monoisotopic (exact) mass is 445 g/mol. The molecule has 168 valence electrons. The van der Waals surface area contributed by atoms with Crippen LogP contribution in [0.3, 0.4) is 0 Å². The summed E-state index contributed by atoms with van der Waals surface area (Å²) >= 11 is 0. The molecular weight excluding hydrogens is 423 g/mol. The van der Waals surface area contributed by atoms with Gasteiger partial charge in [0.15, 0.2) is 0 Å². The minimum Gasteiger partial charge on any atom is -0.410 e. The van der Waals surface area contributed by atoms with Gasteiger partial charge in [-0.3, -0.25) is 0 Å². The van der Waals surface area contributed by atoms with Gasteiger partial charge in [-0.1, -0.05) is 24.3 Å². The first-order valence-corrected chi connectivity index (χ1v) is 10.2. The van der Waals surface area contributed by atoms with Crippen molar-refractivity contribution in [1.29, 1.82) is 0 Å². The second-order valence-electron chi connectivity index (χ2n) is 7.60. The number of benzene rings is 2. The molecule has 0 bridgehead atoms. The Morgan fingerprint density at radius 2 is 1.62 bits per heavy atom. The predicted octanol–water partition coefficient (Wildman–Crippen LogP) is 4.58. The van der Waals surface area contributed by atoms with Gasteiger partial charge in [0.05, 0.1) is 11.8 Å². The summed E-state index contributed by atoms with van der Waals surface area (Å²) in [5, 5.41) is 0. The Morgan fingerprint density at radius 1 is 1.00 bits per heavy atom. The van der Waals surface area contributed by atoms with Gasteiger partial charge in [-0.25, -0.2) is 9.78 Å². The Kier molecular flexibility index (Phi) is 6.34. The van der Waals surface area contributed by atoms with Gasteiger partial charge in [0.2, 0.25) is 0 Å². The molecule has 0 aliphatic carbocycles. The van der Waals surface area contributed by atoms with Gasteiger partial charge in [0, 0.05) is 32.1 Å². The van der Waals surface area contributed by atoms with Crippen molar-refractivity contribution in [2.75, 3.05) is 13.1 Å². The first kappa shape index (κ1) is 21.7.